The van der Waals surface area contributed by atoms with Crippen LogP contribution in [0, 0.1) is 0 Å². The fourth-order valence-corrected chi connectivity index (χ4v) is 2.30. The largest absolute Gasteiger partial charge is 0.382 e. The summed E-state index contributed by atoms with van der Waals surface area (Å²) in [5.74, 6) is 0.0263. The molecule has 0 aliphatic heterocycles. The van der Waals surface area contributed by atoms with Gasteiger partial charge in [0, 0.05) is 44.3 Å². The van der Waals surface area contributed by atoms with Gasteiger partial charge in [0.05, 0.1) is 12.7 Å². The van der Waals surface area contributed by atoms with Crippen molar-refractivity contribution in [1.82, 2.24) is 10.3 Å². The van der Waals surface area contributed by atoms with Gasteiger partial charge in [0.2, 0.25) is 5.91 Å². The Morgan fingerprint density at radius 3 is 2.90 bits per heavy atom. The molecule has 1 unspecified atom stereocenters. The third kappa shape index (κ3) is 4.31. The van der Waals surface area contributed by atoms with Crippen molar-refractivity contribution in [3.8, 4) is 0 Å². The molecule has 0 aliphatic rings. The van der Waals surface area contributed by atoms with Gasteiger partial charge in [-0.3, -0.25) is 4.79 Å². The summed E-state index contributed by atoms with van der Waals surface area (Å²) < 4.78 is 10.2. The van der Waals surface area contributed by atoms with Crippen LogP contribution in [0.4, 0.5) is 0 Å². The molecule has 0 spiro atoms. The van der Waals surface area contributed by atoms with E-state index in [2.05, 4.69) is 16.4 Å². The van der Waals surface area contributed by atoms with E-state index >= 15 is 0 Å². The molecule has 2 aromatic rings. The number of carbonyl (C=O) groups is 1. The molecule has 1 atom stereocenters. The van der Waals surface area contributed by atoms with Crippen LogP contribution in [0.3, 0.4) is 0 Å². The van der Waals surface area contributed by atoms with Gasteiger partial charge in [-0.2, -0.15) is 0 Å². The predicted molar refractivity (Wildman–Crippen MR) is 82.3 cm³/mol. The number of fused-ring (bicyclic) bond motifs is 1. The van der Waals surface area contributed by atoms with Crippen LogP contribution >= 0.6 is 0 Å². The molecule has 2 N–H and O–H groups in total. The zero-order valence-electron chi connectivity index (χ0n) is 12.5. The van der Waals surface area contributed by atoms with Crippen molar-refractivity contribution in [2.45, 2.75) is 18.9 Å². The van der Waals surface area contributed by atoms with Gasteiger partial charge in [0.25, 0.3) is 0 Å². The van der Waals surface area contributed by atoms with E-state index in [0.717, 1.165) is 11.9 Å². The first-order chi connectivity index (χ1) is 10.2. The number of H-pyrrole nitrogens is 1. The third-order valence-electron chi connectivity index (χ3n) is 3.51. The number of methoxy groups -OCH3 is 2. The molecule has 114 valence electrons. The van der Waals surface area contributed by atoms with Gasteiger partial charge < -0.3 is 19.8 Å². The summed E-state index contributed by atoms with van der Waals surface area (Å²) in [6.45, 7) is 0.941. The first-order valence-corrected chi connectivity index (χ1v) is 7.08. The van der Waals surface area contributed by atoms with E-state index in [0.29, 0.717) is 19.6 Å². The Hall–Kier alpha value is -1.85. The van der Waals surface area contributed by atoms with Crippen molar-refractivity contribution < 1.29 is 14.3 Å². The number of hydrogen-bond donors (Lipinski definition) is 2. The molecule has 1 amide bonds. The summed E-state index contributed by atoms with van der Waals surface area (Å²) in [6, 6.07) is 8.11. The van der Waals surface area contributed by atoms with Crippen molar-refractivity contribution in [3.63, 3.8) is 0 Å². The number of ether oxygens (including phenoxy) is 2. The first-order valence-electron chi connectivity index (χ1n) is 7.08. The Labute approximate surface area is 124 Å². The lowest BCUT2D eigenvalue weighted by atomic mass is 10.1. The third-order valence-corrected chi connectivity index (χ3v) is 3.51. The monoisotopic (exact) mass is 290 g/mol. The Morgan fingerprint density at radius 1 is 1.33 bits per heavy atom. The fraction of sp³-hybridized carbons (Fsp3) is 0.438. The summed E-state index contributed by atoms with van der Waals surface area (Å²) in [7, 11) is 3.23. The van der Waals surface area contributed by atoms with Crippen LogP contribution in [-0.4, -0.2) is 44.4 Å². The van der Waals surface area contributed by atoms with Crippen LogP contribution in [0.2, 0.25) is 0 Å². The second kappa shape index (κ2) is 7.81. The molecule has 21 heavy (non-hydrogen) atoms. The van der Waals surface area contributed by atoms with E-state index < -0.39 is 0 Å². The second-order valence-electron chi connectivity index (χ2n) is 4.98. The molecule has 0 saturated heterocycles. The average molecular weight is 290 g/mol. The molecule has 5 nitrogen and oxygen atoms in total. The zero-order chi connectivity index (χ0) is 15.1. The smallest absolute Gasteiger partial charge is 0.220 e. The Bertz CT molecular complexity index is 580. The van der Waals surface area contributed by atoms with Crippen molar-refractivity contribution in [2.24, 2.45) is 0 Å². The summed E-state index contributed by atoms with van der Waals surface area (Å²) in [5.41, 5.74) is 2.27. The molecule has 0 aliphatic carbocycles. The number of aromatic nitrogens is 1. The van der Waals surface area contributed by atoms with Crippen LogP contribution in [-0.2, 0) is 20.7 Å². The molecule has 5 heteroatoms. The molecule has 1 aromatic heterocycles. The van der Waals surface area contributed by atoms with Gasteiger partial charge in [-0.05, 0) is 18.1 Å². The molecule has 2 rings (SSSR count). The maximum absolute atomic E-state index is 11.9. The number of rotatable bonds is 8. The van der Waals surface area contributed by atoms with Crippen LogP contribution < -0.4 is 5.32 Å². The summed E-state index contributed by atoms with van der Waals surface area (Å²) in [5, 5.41) is 4.05. The van der Waals surface area contributed by atoms with Crippen LogP contribution in [0.25, 0.3) is 10.9 Å². The van der Waals surface area contributed by atoms with Crippen LogP contribution in [0.5, 0.6) is 0 Å². The fourth-order valence-electron chi connectivity index (χ4n) is 2.30. The molecule has 0 bridgehead atoms. The lowest BCUT2D eigenvalue weighted by Crippen LogP contribution is -2.35. The summed E-state index contributed by atoms with van der Waals surface area (Å²) in [6.07, 6.45) is 3.05. The minimum Gasteiger partial charge on any atom is -0.382 e. The number of para-hydroxylation sites is 1. The number of hydrogen-bond acceptors (Lipinski definition) is 3. The lowest BCUT2D eigenvalue weighted by Gasteiger charge is -2.14. The highest BCUT2D eigenvalue weighted by Crippen LogP contribution is 2.18. The highest BCUT2D eigenvalue weighted by molar-refractivity contribution is 5.84. The average Bonchev–Trinajstić information content (AvgIpc) is 2.92. The number of benzene rings is 1. The maximum atomic E-state index is 11.9. The number of aryl methyl sites for hydroxylation is 1. The molecule has 1 aromatic carbocycles. The lowest BCUT2D eigenvalue weighted by molar-refractivity contribution is -0.121. The highest BCUT2D eigenvalue weighted by Gasteiger charge is 2.10. The Morgan fingerprint density at radius 2 is 2.14 bits per heavy atom. The number of carbonyl (C=O) groups excluding carboxylic acids is 1. The van der Waals surface area contributed by atoms with E-state index in [-0.39, 0.29) is 12.0 Å². The van der Waals surface area contributed by atoms with Crippen LogP contribution in [0.15, 0.2) is 30.5 Å². The van der Waals surface area contributed by atoms with Gasteiger partial charge >= 0.3 is 0 Å². The van der Waals surface area contributed by atoms with Crippen LogP contribution in [0.1, 0.15) is 12.0 Å². The summed E-state index contributed by atoms with van der Waals surface area (Å²) in [4.78, 5) is 15.1. The summed E-state index contributed by atoms with van der Waals surface area (Å²) >= 11 is 0. The van der Waals surface area contributed by atoms with Gasteiger partial charge in [-0.1, -0.05) is 18.2 Å². The first kappa shape index (κ1) is 15.5. The normalized spacial score (nSPS) is 12.5. The second-order valence-corrected chi connectivity index (χ2v) is 4.98. The van der Waals surface area contributed by atoms with E-state index in [4.69, 9.17) is 9.47 Å². The molecular weight excluding hydrogens is 268 g/mol. The SMILES string of the molecule is COCC(CNC(=O)CCc1c[nH]c2ccccc12)OC. The Kier molecular flexibility index (Phi) is 5.78. The predicted octanol–water partition coefficient (Wildman–Crippen LogP) is 1.88. The molecule has 0 saturated carbocycles. The van der Waals surface area contributed by atoms with E-state index in [9.17, 15) is 4.79 Å². The van der Waals surface area contributed by atoms with E-state index in [1.54, 1.807) is 14.2 Å². The van der Waals surface area contributed by atoms with E-state index in [1.165, 1.54) is 10.9 Å². The minimum absolute atomic E-state index is 0.0263. The molecule has 0 radical (unpaired) electrons. The topological polar surface area (TPSA) is 63.3 Å². The Balaban J connectivity index is 1.81. The van der Waals surface area contributed by atoms with Gasteiger partial charge in [-0.25, -0.2) is 0 Å². The minimum atomic E-state index is -0.105. The molecule has 0 fully saturated rings. The van der Waals surface area contributed by atoms with Crippen molar-refractivity contribution in [3.05, 3.63) is 36.0 Å². The standard InChI is InChI=1S/C16H22N2O3/c1-20-11-13(21-2)10-18-16(19)8-7-12-9-17-15-6-4-3-5-14(12)15/h3-6,9,13,17H,7-8,10-11H2,1-2H3,(H,18,19). The zero-order valence-corrected chi connectivity index (χ0v) is 12.5. The van der Waals surface area contributed by atoms with Gasteiger partial charge in [0.1, 0.15) is 0 Å². The van der Waals surface area contributed by atoms with Crippen molar-refractivity contribution in [1.29, 1.82) is 0 Å². The van der Waals surface area contributed by atoms with Crippen molar-refractivity contribution in [2.75, 3.05) is 27.4 Å². The number of amides is 1. The molecular formula is C16H22N2O3. The number of nitrogens with one attached hydrogen (secondary N) is 2. The number of aromatic amines is 1. The van der Waals surface area contributed by atoms with E-state index in [1.807, 2.05) is 24.4 Å². The highest BCUT2D eigenvalue weighted by atomic mass is 16.5. The van der Waals surface area contributed by atoms with Crippen molar-refractivity contribution >= 4 is 16.8 Å². The quantitative estimate of drug-likeness (QED) is 0.780. The molecule has 1 heterocycles. The van der Waals surface area contributed by atoms with Gasteiger partial charge in [-0.15, -0.1) is 0 Å². The maximum Gasteiger partial charge on any atom is 0.220 e. The van der Waals surface area contributed by atoms with Gasteiger partial charge in [0.15, 0.2) is 0 Å².